The third-order valence-corrected chi connectivity index (χ3v) is 3.82. The molecular formula is C16H15IN4O3. The van der Waals surface area contributed by atoms with E-state index in [0.717, 1.165) is 3.57 Å². The van der Waals surface area contributed by atoms with Crippen LogP contribution in [0.5, 0.6) is 0 Å². The minimum Gasteiger partial charge on any atom is -0.372 e. The maximum atomic E-state index is 12.0. The van der Waals surface area contributed by atoms with Gasteiger partial charge in [0.25, 0.3) is 11.6 Å². The lowest BCUT2D eigenvalue weighted by Crippen LogP contribution is -2.17. The largest absolute Gasteiger partial charge is 0.372 e. The van der Waals surface area contributed by atoms with E-state index >= 15 is 0 Å². The normalized spacial score (nSPS) is 10.6. The van der Waals surface area contributed by atoms with E-state index in [1.807, 2.05) is 6.07 Å². The van der Waals surface area contributed by atoms with Crippen molar-refractivity contribution in [2.24, 2.45) is 5.10 Å². The Labute approximate surface area is 152 Å². The monoisotopic (exact) mass is 438 g/mol. The van der Waals surface area contributed by atoms with Crippen molar-refractivity contribution in [1.29, 1.82) is 0 Å². The molecule has 0 saturated heterocycles. The van der Waals surface area contributed by atoms with Crippen molar-refractivity contribution in [3.8, 4) is 0 Å². The number of hydrogen-bond donors (Lipinski definition) is 1. The molecule has 0 unspecified atom stereocenters. The van der Waals surface area contributed by atoms with Crippen LogP contribution in [-0.4, -0.2) is 31.1 Å². The van der Waals surface area contributed by atoms with Crippen LogP contribution >= 0.6 is 22.6 Å². The number of nitrogens with one attached hydrogen (secondary N) is 1. The van der Waals surface area contributed by atoms with Crippen LogP contribution in [0.4, 0.5) is 11.4 Å². The Morgan fingerprint density at radius 2 is 2.04 bits per heavy atom. The second-order valence-electron chi connectivity index (χ2n) is 5.11. The van der Waals surface area contributed by atoms with Gasteiger partial charge in [0.05, 0.1) is 11.1 Å². The lowest BCUT2D eigenvalue weighted by Gasteiger charge is -2.12. The predicted octanol–water partition coefficient (Wildman–Crippen LogP) is 3.03. The summed E-state index contributed by atoms with van der Waals surface area (Å²) < 4.78 is 0.944. The molecule has 124 valence electrons. The first kappa shape index (κ1) is 17.9. The zero-order valence-corrected chi connectivity index (χ0v) is 15.2. The van der Waals surface area contributed by atoms with Gasteiger partial charge in [-0.15, -0.1) is 0 Å². The van der Waals surface area contributed by atoms with Crippen LogP contribution in [-0.2, 0) is 0 Å². The first-order valence-corrected chi connectivity index (χ1v) is 8.01. The number of anilines is 1. The molecule has 0 aliphatic heterocycles. The summed E-state index contributed by atoms with van der Waals surface area (Å²) in [7, 11) is 3.47. The summed E-state index contributed by atoms with van der Waals surface area (Å²) in [5.41, 5.74) is 3.90. The first-order chi connectivity index (χ1) is 11.4. The third-order valence-electron chi connectivity index (χ3n) is 3.14. The van der Waals surface area contributed by atoms with E-state index in [1.165, 1.54) is 12.3 Å². The molecule has 0 aliphatic carbocycles. The second-order valence-corrected chi connectivity index (χ2v) is 6.35. The molecule has 8 heteroatoms. The minimum absolute atomic E-state index is 0.0205. The fourth-order valence-electron chi connectivity index (χ4n) is 2.00. The molecule has 0 atom stereocenters. The summed E-state index contributed by atoms with van der Waals surface area (Å²) in [5.74, 6) is -0.343. The molecule has 1 N–H and O–H groups in total. The number of hydrazone groups is 1. The quantitative estimate of drug-likeness (QED) is 0.337. The van der Waals surface area contributed by atoms with Crippen LogP contribution in [0, 0.1) is 13.7 Å². The highest BCUT2D eigenvalue weighted by atomic mass is 127. The van der Waals surface area contributed by atoms with Crippen LogP contribution in [0.25, 0.3) is 0 Å². The van der Waals surface area contributed by atoms with Crippen molar-refractivity contribution in [3.63, 3.8) is 0 Å². The van der Waals surface area contributed by atoms with Crippen molar-refractivity contribution in [3.05, 3.63) is 67.3 Å². The number of nitro groups is 1. The van der Waals surface area contributed by atoms with E-state index < -0.39 is 4.92 Å². The van der Waals surface area contributed by atoms with Crippen molar-refractivity contribution in [2.75, 3.05) is 19.0 Å². The van der Waals surface area contributed by atoms with Crippen LogP contribution in [0.2, 0.25) is 0 Å². The minimum atomic E-state index is -0.447. The van der Waals surface area contributed by atoms with Gasteiger partial charge in [-0.3, -0.25) is 14.9 Å². The molecule has 0 fully saturated rings. The van der Waals surface area contributed by atoms with Crippen LogP contribution < -0.4 is 10.3 Å². The number of hydrogen-bond acceptors (Lipinski definition) is 5. The van der Waals surface area contributed by atoms with Crippen molar-refractivity contribution in [1.82, 2.24) is 5.43 Å². The predicted molar refractivity (Wildman–Crippen MR) is 102 cm³/mol. The fraction of sp³-hybridized carbons (Fsp3) is 0.125. The van der Waals surface area contributed by atoms with Gasteiger partial charge in [0.15, 0.2) is 0 Å². The molecule has 2 rings (SSSR count). The van der Waals surface area contributed by atoms with Gasteiger partial charge in [0.1, 0.15) is 5.69 Å². The highest BCUT2D eigenvalue weighted by molar-refractivity contribution is 14.1. The SMILES string of the molecule is CN(C)c1ccc(/C=N\NC(=O)c2cccc(I)c2)cc1[N+](=O)[O-]. The molecule has 1 amide bonds. The van der Waals surface area contributed by atoms with E-state index in [-0.39, 0.29) is 11.6 Å². The summed E-state index contributed by atoms with van der Waals surface area (Å²) in [6.07, 6.45) is 1.37. The number of benzene rings is 2. The Hall–Kier alpha value is -2.49. The van der Waals surface area contributed by atoms with Crippen LogP contribution in [0.3, 0.4) is 0 Å². The second kappa shape index (κ2) is 7.86. The molecule has 2 aromatic rings. The number of nitro benzene ring substituents is 1. The highest BCUT2D eigenvalue weighted by Gasteiger charge is 2.15. The third kappa shape index (κ3) is 4.51. The van der Waals surface area contributed by atoms with Gasteiger partial charge in [-0.05, 0) is 46.9 Å². The Morgan fingerprint density at radius 1 is 1.29 bits per heavy atom. The molecule has 0 radical (unpaired) electrons. The zero-order valence-electron chi connectivity index (χ0n) is 13.1. The Kier molecular flexibility index (Phi) is 5.85. The Bertz CT molecular complexity index is 806. The molecule has 0 bridgehead atoms. The summed E-state index contributed by atoms with van der Waals surface area (Å²) >= 11 is 2.12. The lowest BCUT2D eigenvalue weighted by atomic mass is 10.2. The number of rotatable bonds is 5. The summed E-state index contributed by atoms with van der Waals surface area (Å²) in [6.45, 7) is 0. The van der Waals surface area contributed by atoms with E-state index in [1.54, 1.807) is 49.3 Å². The lowest BCUT2D eigenvalue weighted by molar-refractivity contribution is -0.384. The van der Waals surface area contributed by atoms with E-state index in [2.05, 4.69) is 33.1 Å². The summed E-state index contributed by atoms with van der Waals surface area (Å²) in [6, 6.07) is 11.8. The Balaban J connectivity index is 2.13. The van der Waals surface area contributed by atoms with E-state index in [0.29, 0.717) is 16.8 Å². The smallest absolute Gasteiger partial charge is 0.293 e. The fourth-order valence-corrected chi connectivity index (χ4v) is 2.55. The number of carbonyl (C=O) groups excluding carboxylic acids is 1. The molecular weight excluding hydrogens is 423 g/mol. The Morgan fingerprint density at radius 3 is 2.67 bits per heavy atom. The number of nitrogens with zero attached hydrogens (tertiary/aromatic N) is 3. The average molecular weight is 438 g/mol. The van der Waals surface area contributed by atoms with Crippen LogP contribution in [0.15, 0.2) is 47.6 Å². The average Bonchev–Trinajstić information content (AvgIpc) is 2.54. The van der Waals surface area contributed by atoms with Gasteiger partial charge in [-0.1, -0.05) is 12.1 Å². The van der Waals surface area contributed by atoms with Gasteiger partial charge in [0, 0.05) is 34.9 Å². The standard InChI is InChI=1S/C16H15IN4O3/c1-20(2)14-7-6-11(8-15(14)21(23)24)10-18-19-16(22)12-4-3-5-13(17)9-12/h3-10H,1-2H3,(H,19,22)/b18-10-. The van der Waals surface area contributed by atoms with Gasteiger partial charge in [0.2, 0.25) is 0 Å². The van der Waals surface area contributed by atoms with E-state index in [4.69, 9.17) is 0 Å². The molecule has 0 aliphatic rings. The molecule has 0 saturated carbocycles. The van der Waals surface area contributed by atoms with Gasteiger partial charge < -0.3 is 4.90 Å². The highest BCUT2D eigenvalue weighted by Crippen LogP contribution is 2.27. The van der Waals surface area contributed by atoms with E-state index in [9.17, 15) is 14.9 Å². The molecule has 2 aromatic carbocycles. The molecule has 24 heavy (non-hydrogen) atoms. The van der Waals surface area contributed by atoms with Crippen molar-refractivity contribution in [2.45, 2.75) is 0 Å². The summed E-state index contributed by atoms with van der Waals surface area (Å²) in [4.78, 5) is 24.3. The maximum Gasteiger partial charge on any atom is 0.293 e. The maximum absolute atomic E-state index is 12.0. The molecule has 0 aromatic heterocycles. The molecule has 0 heterocycles. The summed E-state index contributed by atoms with van der Waals surface area (Å²) in [5, 5.41) is 15.0. The van der Waals surface area contributed by atoms with Gasteiger partial charge in [-0.2, -0.15) is 5.10 Å². The van der Waals surface area contributed by atoms with Crippen molar-refractivity contribution >= 4 is 46.1 Å². The topological polar surface area (TPSA) is 87.8 Å². The number of amides is 1. The number of carbonyl (C=O) groups is 1. The number of halogens is 1. The van der Waals surface area contributed by atoms with Crippen molar-refractivity contribution < 1.29 is 9.72 Å². The molecule has 7 nitrogen and oxygen atoms in total. The molecule has 0 spiro atoms. The van der Waals surface area contributed by atoms with Gasteiger partial charge >= 0.3 is 0 Å². The zero-order chi connectivity index (χ0) is 17.7. The first-order valence-electron chi connectivity index (χ1n) is 6.93. The van der Waals surface area contributed by atoms with Crippen LogP contribution in [0.1, 0.15) is 15.9 Å². The van der Waals surface area contributed by atoms with Gasteiger partial charge in [-0.25, -0.2) is 5.43 Å².